The molecule has 5 aromatic rings. The van der Waals surface area contributed by atoms with Crippen molar-refractivity contribution in [3.63, 3.8) is 0 Å². The topological polar surface area (TPSA) is 88.9 Å². The van der Waals surface area contributed by atoms with E-state index in [0.717, 1.165) is 27.9 Å². The first-order chi connectivity index (χ1) is 17.6. The third-order valence-corrected chi connectivity index (χ3v) is 6.20. The van der Waals surface area contributed by atoms with Crippen LogP contribution in [0.25, 0.3) is 10.9 Å². The highest BCUT2D eigenvalue weighted by molar-refractivity contribution is 5.80. The Bertz CT molecular complexity index is 1510. The molecule has 182 valence electrons. The monoisotopic (exact) mass is 480 g/mol. The fourth-order valence-electron chi connectivity index (χ4n) is 4.25. The van der Waals surface area contributed by atoms with Crippen LogP contribution in [0.2, 0.25) is 0 Å². The van der Waals surface area contributed by atoms with Crippen LogP contribution in [0.15, 0.2) is 83.7 Å². The van der Waals surface area contributed by atoms with Crippen LogP contribution in [0.5, 0.6) is 5.75 Å². The maximum Gasteiger partial charge on any atom is 0.252 e. The van der Waals surface area contributed by atoms with Gasteiger partial charge in [-0.1, -0.05) is 60.2 Å². The Kier molecular flexibility index (Phi) is 6.86. The summed E-state index contributed by atoms with van der Waals surface area (Å²) in [7, 11) is 1.61. The van der Waals surface area contributed by atoms with Gasteiger partial charge in [0.25, 0.3) is 5.56 Å². The van der Waals surface area contributed by atoms with E-state index in [1.54, 1.807) is 7.11 Å². The van der Waals surface area contributed by atoms with Crippen molar-refractivity contribution < 1.29 is 4.74 Å². The van der Waals surface area contributed by atoms with Gasteiger partial charge < -0.3 is 9.72 Å². The molecule has 0 unspecified atom stereocenters. The maximum atomic E-state index is 13.0. The van der Waals surface area contributed by atoms with Crippen LogP contribution in [0.3, 0.4) is 0 Å². The van der Waals surface area contributed by atoms with Gasteiger partial charge in [-0.2, -0.15) is 0 Å². The van der Waals surface area contributed by atoms with Crippen molar-refractivity contribution in [2.45, 2.75) is 33.1 Å². The highest BCUT2D eigenvalue weighted by Crippen LogP contribution is 2.20. The highest BCUT2D eigenvalue weighted by atomic mass is 16.5. The quantitative estimate of drug-likeness (QED) is 0.342. The van der Waals surface area contributed by atoms with Crippen LogP contribution in [-0.4, -0.2) is 37.2 Å². The summed E-state index contributed by atoms with van der Waals surface area (Å²) >= 11 is 0. The van der Waals surface area contributed by atoms with E-state index in [1.807, 2.05) is 47.1 Å². The molecule has 3 aromatic carbocycles. The number of aromatic nitrogens is 5. The van der Waals surface area contributed by atoms with Crippen LogP contribution >= 0.6 is 0 Å². The predicted molar refractivity (Wildman–Crippen MR) is 139 cm³/mol. The number of fused-ring (bicyclic) bond motifs is 1. The average molecular weight is 481 g/mol. The van der Waals surface area contributed by atoms with Crippen LogP contribution in [0.1, 0.15) is 28.1 Å². The Balaban J connectivity index is 1.44. The SMILES string of the molecule is COc1ccc2cc(CN(Cc3ccc(C)cc3)Cc3nnnn3Cc3ccccc3)c(=O)[nH]c2c1. The van der Waals surface area contributed by atoms with Crippen LogP contribution < -0.4 is 10.3 Å². The molecule has 8 nitrogen and oxygen atoms in total. The summed E-state index contributed by atoms with van der Waals surface area (Å²) in [6.07, 6.45) is 0. The lowest BCUT2D eigenvalue weighted by Crippen LogP contribution is -2.28. The van der Waals surface area contributed by atoms with E-state index < -0.39 is 0 Å². The van der Waals surface area contributed by atoms with Gasteiger partial charge in [0.15, 0.2) is 5.82 Å². The Labute approximate surface area is 209 Å². The zero-order valence-corrected chi connectivity index (χ0v) is 20.4. The minimum Gasteiger partial charge on any atom is -0.497 e. The van der Waals surface area contributed by atoms with E-state index in [2.05, 4.69) is 68.7 Å². The summed E-state index contributed by atoms with van der Waals surface area (Å²) in [6.45, 7) is 4.25. The summed E-state index contributed by atoms with van der Waals surface area (Å²) in [5.74, 6) is 1.45. The molecule has 2 heterocycles. The standard InChI is InChI=1S/C28H28N6O2/c1-20-8-10-22(11-9-20)16-33(19-27-30-31-32-34(27)17-21-6-4-3-5-7-21)18-24-14-23-12-13-25(36-2)15-26(23)29-28(24)35/h3-15H,16-19H2,1-2H3,(H,29,35). The Morgan fingerprint density at radius 1 is 0.917 bits per heavy atom. The number of ether oxygens (including phenoxy) is 1. The van der Waals surface area contributed by atoms with Crippen LogP contribution in [0, 0.1) is 6.92 Å². The van der Waals surface area contributed by atoms with Crippen molar-refractivity contribution in [2.24, 2.45) is 0 Å². The first-order valence-electron chi connectivity index (χ1n) is 11.8. The van der Waals surface area contributed by atoms with Gasteiger partial charge in [-0.3, -0.25) is 9.69 Å². The second kappa shape index (κ2) is 10.5. The molecule has 0 spiro atoms. The largest absolute Gasteiger partial charge is 0.497 e. The second-order valence-corrected chi connectivity index (χ2v) is 8.95. The first kappa shape index (κ1) is 23.4. The molecule has 36 heavy (non-hydrogen) atoms. The second-order valence-electron chi connectivity index (χ2n) is 8.95. The molecule has 0 fully saturated rings. The fourth-order valence-corrected chi connectivity index (χ4v) is 4.25. The molecule has 0 saturated heterocycles. The van der Waals surface area contributed by atoms with E-state index in [0.29, 0.717) is 37.5 Å². The van der Waals surface area contributed by atoms with Crippen molar-refractivity contribution >= 4 is 10.9 Å². The van der Waals surface area contributed by atoms with Gasteiger partial charge in [0.05, 0.1) is 25.7 Å². The Hall–Kier alpha value is -4.30. The number of aryl methyl sites for hydroxylation is 1. The first-order valence-corrected chi connectivity index (χ1v) is 11.8. The average Bonchev–Trinajstić information content (AvgIpc) is 3.32. The van der Waals surface area contributed by atoms with Gasteiger partial charge in [-0.25, -0.2) is 4.68 Å². The Morgan fingerprint density at radius 2 is 1.72 bits per heavy atom. The Morgan fingerprint density at radius 3 is 2.50 bits per heavy atom. The fraction of sp³-hybridized carbons (Fsp3) is 0.214. The van der Waals surface area contributed by atoms with Gasteiger partial charge in [0.2, 0.25) is 0 Å². The summed E-state index contributed by atoms with van der Waals surface area (Å²) < 4.78 is 7.11. The molecule has 5 rings (SSSR count). The van der Waals surface area contributed by atoms with Crippen molar-refractivity contribution in [3.8, 4) is 5.75 Å². The number of pyridine rings is 1. The number of aromatic amines is 1. The van der Waals surface area contributed by atoms with Crippen molar-refractivity contribution in [1.29, 1.82) is 0 Å². The summed E-state index contributed by atoms with van der Waals surface area (Å²) in [4.78, 5) is 18.2. The molecule has 0 aliphatic heterocycles. The van der Waals surface area contributed by atoms with Crippen LogP contribution in [0.4, 0.5) is 0 Å². The van der Waals surface area contributed by atoms with E-state index in [9.17, 15) is 4.79 Å². The zero-order chi connectivity index (χ0) is 24.9. The minimum atomic E-state index is -0.117. The molecule has 0 saturated carbocycles. The normalized spacial score (nSPS) is 11.3. The molecule has 0 amide bonds. The van der Waals surface area contributed by atoms with E-state index >= 15 is 0 Å². The number of nitrogens with one attached hydrogen (secondary N) is 1. The van der Waals surface area contributed by atoms with Crippen molar-refractivity contribution in [3.05, 3.63) is 117 Å². The lowest BCUT2D eigenvalue weighted by Gasteiger charge is -2.22. The minimum absolute atomic E-state index is 0.117. The molecule has 0 aliphatic rings. The molecule has 0 bridgehead atoms. The molecule has 1 N–H and O–H groups in total. The number of methoxy groups -OCH3 is 1. The van der Waals surface area contributed by atoms with Crippen molar-refractivity contribution in [1.82, 2.24) is 30.1 Å². The van der Waals surface area contributed by atoms with Gasteiger partial charge in [0.1, 0.15) is 5.75 Å². The summed E-state index contributed by atoms with van der Waals surface area (Å²) in [5.41, 5.74) is 4.80. The number of hydrogen-bond donors (Lipinski definition) is 1. The molecule has 2 aromatic heterocycles. The third-order valence-electron chi connectivity index (χ3n) is 6.20. The molecule has 8 heteroatoms. The number of rotatable bonds is 9. The smallest absolute Gasteiger partial charge is 0.252 e. The predicted octanol–water partition coefficient (Wildman–Crippen LogP) is 4.08. The van der Waals surface area contributed by atoms with Gasteiger partial charge in [0, 0.05) is 24.7 Å². The summed E-state index contributed by atoms with van der Waals surface area (Å²) in [5, 5.41) is 13.4. The van der Waals surface area contributed by atoms with Gasteiger partial charge in [-0.05, 0) is 52.1 Å². The van der Waals surface area contributed by atoms with Crippen LogP contribution in [-0.2, 0) is 26.2 Å². The lowest BCUT2D eigenvalue weighted by molar-refractivity contribution is 0.236. The number of tetrazole rings is 1. The molecular weight excluding hydrogens is 452 g/mol. The maximum absolute atomic E-state index is 13.0. The molecule has 0 atom stereocenters. The summed E-state index contributed by atoms with van der Waals surface area (Å²) in [6, 6.07) is 26.2. The molecule has 0 radical (unpaired) electrons. The number of benzene rings is 3. The molecule has 0 aliphatic carbocycles. The highest BCUT2D eigenvalue weighted by Gasteiger charge is 2.16. The van der Waals surface area contributed by atoms with Gasteiger partial charge >= 0.3 is 0 Å². The van der Waals surface area contributed by atoms with Gasteiger partial charge in [-0.15, -0.1) is 5.10 Å². The van der Waals surface area contributed by atoms with E-state index in [-0.39, 0.29) is 5.56 Å². The number of hydrogen-bond acceptors (Lipinski definition) is 6. The number of nitrogens with zero attached hydrogens (tertiary/aromatic N) is 5. The number of H-pyrrole nitrogens is 1. The van der Waals surface area contributed by atoms with Crippen molar-refractivity contribution in [2.75, 3.05) is 7.11 Å². The lowest BCUT2D eigenvalue weighted by atomic mass is 10.1. The van der Waals surface area contributed by atoms with E-state index in [4.69, 9.17) is 4.74 Å². The third kappa shape index (κ3) is 5.50. The zero-order valence-electron chi connectivity index (χ0n) is 20.4. The molecular formula is C28H28N6O2. The van der Waals surface area contributed by atoms with E-state index in [1.165, 1.54) is 5.56 Å².